The molecule has 0 spiro atoms. The first-order chi connectivity index (χ1) is 37.4. The Hall–Kier alpha value is -8.08. The van der Waals surface area contributed by atoms with Gasteiger partial charge in [-0.15, -0.1) is 0 Å². The van der Waals surface area contributed by atoms with Crippen molar-refractivity contribution in [2.75, 3.05) is 0 Å². The minimum atomic E-state index is 0.439. The van der Waals surface area contributed by atoms with E-state index in [-0.39, 0.29) is 0 Å². The van der Waals surface area contributed by atoms with Gasteiger partial charge in [-0.2, -0.15) is 10.2 Å². The number of H-pyrrole nitrogens is 3. The Morgan fingerprint density at radius 1 is 0.423 bits per heavy atom. The fraction of sp³-hybridized carbons (Fsp3) is 0.410. The third-order valence-corrected chi connectivity index (χ3v) is 13.1. The molecule has 12 rings (SSSR count). The molecule has 0 saturated carbocycles. The number of aromatic amines is 3. The maximum absolute atomic E-state index is 4.30. The molecule has 0 saturated heterocycles. The zero-order valence-electron chi connectivity index (χ0n) is 48.7. The van der Waals surface area contributed by atoms with Gasteiger partial charge in [-0.3, -0.25) is 10.2 Å². The van der Waals surface area contributed by atoms with Crippen LogP contribution in [-0.4, -0.2) is 84.4 Å². The van der Waals surface area contributed by atoms with Crippen LogP contribution >= 0.6 is 0 Å². The van der Waals surface area contributed by atoms with Crippen molar-refractivity contribution < 1.29 is 0 Å². The average molecular weight is 1050 g/mol. The van der Waals surface area contributed by atoms with Crippen molar-refractivity contribution in [1.29, 1.82) is 0 Å². The van der Waals surface area contributed by atoms with E-state index in [1.807, 2.05) is 72.7 Å². The van der Waals surface area contributed by atoms with Crippen molar-refractivity contribution in [2.45, 2.75) is 151 Å². The van der Waals surface area contributed by atoms with Gasteiger partial charge in [0.15, 0.2) is 0 Å². The van der Waals surface area contributed by atoms with E-state index >= 15 is 0 Å². The molecule has 0 aromatic carbocycles. The summed E-state index contributed by atoms with van der Waals surface area (Å²) in [5, 5.41) is 15.5. The van der Waals surface area contributed by atoms with E-state index in [4.69, 9.17) is 0 Å². The Morgan fingerprint density at radius 2 is 0.808 bits per heavy atom. The van der Waals surface area contributed by atoms with Gasteiger partial charge in [0.1, 0.15) is 42.9 Å². The number of allylic oxidation sites excluding steroid dienone is 2. The Labute approximate surface area is 460 Å². The lowest BCUT2D eigenvalue weighted by molar-refractivity contribution is 0.804. The smallest absolute Gasteiger partial charge is 0.143 e. The molecule has 3 N–H and O–H groups in total. The van der Waals surface area contributed by atoms with Crippen molar-refractivity contribution in [3.05, 3.63) is 167 Å². The Bertz CT molecular complexity index is 3250. The summed E-state index contributed by atoms with van der Waals surface area (Å²) in [5.41, 5.74) is 17.2. The lowest BCUT2D eigenvalue weighted by Crippen LogP contribution is -2.00. The van der Waals surface area contributed by atoms with Crippen LogP contribution in [0, 0.1) is 0 Å². The number of hydrogen-bond acceptors (Lipinski definition) is 12. The molecular formula is C61H81N17. The van der Waals surface area contributed by atoms with E-state index in [1.54, 1.807) is 31.6 Å². The summed E-state index contributed by atoms with van der Waals surface area (Å²) in [7, 11) is 4.00. The fourth-order valence-corrected chi connectivity index (χ4v) is 8.68. The number of aromatic nitrogens is 17. The molecule has 10 aromatic rings. The molecular weight excluding hydrogens is 971 g/mol. The molecule has 2 aliphatic rings. The zero-order valence-corrected chi connectivity index (χ0v) is 48.7. The third kappa shape index (κ3) is 15.5. The minimum absolute atomic E-state index is 0.439. The zero-order chi connectivity index (χ0) is 56.5. The van der Waals surface area contributed by atoms with E-state index in [2.05, 4.69) is 209 Å². The standard InChI is InChI=1S/2C10H13N3.2C10H12N2.C9H11N3.2C6H10N2/c2*1-7(2)9-8-4-5-13(3)10(8)12-6-11-9;2*1-7(2)10-8-4-3-5-9(8)11-6-12-10;1-6(2)8-9-7(3-4-10-9)11-5-12-8;2*1-5(2)6-3-7-8-4-6/h2*4-7H,1-3H3;2*3-4,6-7H,5H2,1-2H3;3-6,10H,1-2H3;2*3-5H,1-2H3,(H,7,8). The summed E-state index contributed by atoms with van der Waals surface area (Å²) in [6, 6.07) is 6.11. The van der Waals surface area contributed by atoms with Gasteiger partial charge >= 0.3 is 0 Å². The summed E-state index contributed by atoms with van der Waals surface area (Å²) in [5.74, 6) is 3.51. The Morgan fingerprint density at radius 3 is 1.18 bits per heavy atom. The van der Waals surface area contributed by atoms with Crippen LogP contribution in [0.25, 0.3) is 45.3 Å². The first-order valence-corrected chi connectivity index (χ1v) is 27.1. The van der Waals surface area contributed by atoms with Gasteiger partial charge in [0.2, 0.25) is 0 Å². The highest BCUT2D eigenvalue weighted by molar-refractivity contribution is 5.80. The van der Waals surface area contributed by atoms with Gasteiger partial charge in [0, 0.05) is 79.8 Å². The first kappa shape index (κ1) is 59.2. The molecule has 410 valence electrons. The SMILES string of the molecule is CC(C)c1cn[nH]c1.CC(C)c1cn[nH]c1.CC(C)c1ncnc2c1C=CC2.CC(C)c1ncnc2c1C=CC2.CC(C)c1ncnc2c1ccn2C.CC(C)c1ncnc2c1ccn2C.CC(C)c1ncnc2cc[nH]c12. The molecule has 0 atom stereocenters. The number of rotatable bonds is 7. The van der Waals surface area contributed by atoms with E-state index in [9.17, 15) is 0 Å². The van der Waals surface area contributed by atoms with Crippen LogP contribution < -0.4 is 0 Å². The number of aryl methyl sites for hydroxylation is 2. The van der Waals surface area contributed by atoms with Crippen LogP contribution in [0.15, 0.2) is 105 Å². The highest BCUT2D eigenvalue weighted by Crippen LogP contribution is 2.27. The van der Waals surface area contributed by atoms with Crippen LogP contribution in [0.3, 0.4) is 0 Å². The number of fused-ring (bicyclic) bond motifs is 5. The summed E-state index contributed by atoms with van der Waals surface area (Å²) < 4.78 is 4.03. The molecule has 0 fully saturated rings. The number of nitrogens with one attached hydrogen (secondary N) is 3. The van der Waals surface area contributed by atoms with Gasteiger partial charge in [-0.25, -0.2) is 49.8 Å². The number of hydrogen-bond donors (Lipinski definition) is 3. The van der Waals surface area contributed by atoms with E-state index in [0.29, 0.717) is 41.4 Å². The van der Waals surface area contributed by atoms with Crippen molar-refractivity contribution in [3.63, 3.8) is 0 Å². The van der Waals surface area contributed by atoms with Gasteiger partial charge in [0.05, 0.1) is 63.3 Å². The molecule has 0 unspecified atom stereocenters. The second kappa shape index (κ2) is 28.3. The molecule has 10 aromatic heterocycles. The van der Waals surface area contributed by atoms with Gasteiger partial charge in [-0.1, -0.05) is 121 Å². The molecule has 2 aliphatic carbocycles. The van der Waals surface area contributed by atoms with E-state index < -0.39 is 0 Å². The predicted molar refractivity (Wildman–Crippen MR) is 316 cm³/mol. The molecule has 17 nitrogen and oxygen atoms in total. The Kier molecular flexibility index (Phi) is 21.5. The van der Waals surface area contributed by atoms with Crippen LogP contribution in [0.4, 0.5) is 0 Å². The second-order valence-electron chi connectivity index (χ2n) is 21.4. The van der Waals surface area contributed by atoms with Gasteiger partial charge in [-0.05, 0) is 70.8 Å². The van der Waals surface area contributed by atoms with E-state index in [1.165, 1.54) is 55.8 Å². The Balaban J connectivity index is 0.000000148. The lowest BCUT2D eigenvalue weighted by atomic mass is 10.0. The fourth-order valence-electron chi connectivity index (χ4n) is 8.68. The largest absolute Gasteiger partial charge is 0.358 e. The first-order valence-electron chi connectivity index (χ1n) is 27.1. The highest BCUT2D eigenvalue weighted by Gasteiger charge is 2.16. The molecule has 78 heavy (non-hydrogen) atoms. The lowest BCUT2D eigenvalue weighted by Gasteiger charge is -2.07. The number of nitrogens with zero attached hydrogens (tertiary/aromatic N) is 14. The summed E-state index contributed by atoms with van der Waals surface area (Å²) >= 11 is 0. The summed E-state index contributed by atoms with van der Waals surface area (Å²) in [6.07, 6.45) is 32.2. The second-order valence-corrected chi connectivity index (χ2v) is 21.4. The van der Waals surface area contributed by atoms with Crippen molar-refractivity contribution in [3.8, 4) is 0 Å². The minimum Gasteiger partial charge on any atom is -0.358 e. The van der Waals surface area contributed by atoms with Crippen LogP contribution in [0.2, 0.25) is 0 Å². The third-order valence-electron chi connectivity index (χ3n) is 13.1. The molecule has 17 heteroatoms. The summed E-state index contributed by atoms with van der Waals surface area (Å²) in [4.78, 5) is 45.6. The van der Waals surface area contributed by atoms with Crippen molar-refractivity contribution in [2.24, 2.45) is 14.1 Å². The van der Waals surface area contributed by atoms with Crippen molar-refractivity contribution in [1.82, 2.24) is 84.4 Å². The average Bonchev–Trinajstić information content (AvgIpc) is 4.30. The maximum Gasteiger partial charge on any atom is 0.143 e. The molecule has 0 amide bonds. The topological polar surface area (TPSA) is 212 Å². The van der Waals surface area contributed by atoms with Crippen molar-refractivity contribution >= 4 is 45.3 Å². The molecule has 0 bridgehead atoms. The molecule has 10 heterocycles. The monoisotopic (exact) mass is 1050 g/mol. The van der Waals surface area contributed by atoms with Crippen LogP contribution in [0.1, 0.15) is 200 Å². The molecule has 0 radical (unpaired) electrons. The van der Waals surface area contributed by atoms with Gasteiger partial charge in [0.25, 0.3) is 0 Å². The normalized spacial score (nSPS) is 11.9. The van der Waals surface area contributed by atoms with Crippen LogP contribution in [-0.2, 0) is 26.9 Å². The van der Waals surface area contributed by atoms with Crippen LogP contribution in [0.5, 0.6) is 0 Å². The maximum atomic E-state index is 4.30. The summed E-state index contributed by atoms with van der Waals surface area (Å²) in [6.45, 7) is 30.1. The van der Waals surface area contributed by atoms with Gasteiger partial charge < -0.3 is 14.1 Å². The van der Waals surface area contributed by atoms with E-state index in [0.717, 1.165) is 52.3 Å². The predicted octanol–water partition coefficient (Wildman–Crippen LogP) is 13.7. The quantitative estimate of drug-likeness (QED) is 0.136. The highest BCUT2D eigenvalue weighted by atomic mass is 15.1. The molecule has 0 aliphatic heterocycles.